The van der Waals surface area contributed by atoms with Gasteiger partial charge in [-0.25, -0.2) is 8.78 Å². The molecule has 0 aromatic heterocycles. The second-order valence-electron chi connectivity index (χ2n) is 9.27. The Labute approximate surface area is 176 Å². The third-order valence-electron chi connectivity index (χ3n) is 7.10. The van der Waals surface area contributed by atoms with Gasteiger partial charge in [0.1, 0.15) is 11.6 Å². The van der Waals surface area contributed by atoms with Gasteiger partial charge in [-0.2, -0.15) is 0 Å². The van der Waals surface area contributed by atoms with Crippen molar-refractivity contribution in [1.82, 2.24) is 0 Å². The minimum absolute atomic E-state index is 0.0925. The van der Waals surface area contributed by atoms with Gasteiger partial charge in [-0.3, -0.25) is 0 Å². The van der Waals surface area contributed by atoms with Gasteiger partial charge < -0.3 is 0 Å². The second-order valence-corrected chi connectivity index (χ2v) is 9.27. The van der Waals surface area contributed by atoms with Gasteiger partial charge in [-0.15, -0.1) is 0 Å². The molecule has 3 rings (SSSR count). The molecule has 0 nitrogen and oxygen atoms in total. The van der Waals surface area contributed by atoms with E-state index in [2.05, 4.69) is 25.2 Å². The van der Waals surface area contributed by atoms with Crippen molar-refractivity contribution in [3.05, 3.63) is 59.7 Å². The molecule has 2 heteroatoms. The molecule has 0 amide bonds. The molecule has 2 aliphatic rings. The van der Waals surface area contributed by atoms with Crippen LogP contribution in [-0.4, -0.2) is 0 Å². The maximum absolute atomic E-state index is 13.8. The molecular formula is C27H38F2. The van der Waals surface area contributed by atoms with Crippen LogP contribution in [0.2, 0.25) is 0 Å². The number of hydrogen-bond acceptors (Lipinski definition) is 0. The monoisotopic (exact) mass is 400 g/mol. The molecule has 0 saturated heterocycles. The zero-order valence-corrected chi connectivity index (χ0v) is 18.1. The smallest absolute Gasteiger partial charge is 0.126 e. The van der Waals surface area contributed by atoms with Crippen LogP contribution in [0.15, 0.2) is 42.5 Å². The molecule has 1 aromatic rings. The molecule has 2 aliphatic carbocycles. The molecule has 2 unspecified atom stereocenters. The highest BCUT2D eigenvalue weighted by molar-refractivity contribution is 5.32. The van der Waals surface area contributed by atoms with Crippen LogP contribution in [-0.2, 0) is 0 Å². The molecule has 29 heavy (non-hydrogen) atoms. The first kappa shape index (κ1) is 22.2. The lowest BCUT2D eigenvalue weighted by atomic mass is 9.68. The lowest BCUT2D eigenvalue weighted by Gasteiger charge is -2.37. The first-order valence-electron chi connectivity index (χ1n) is 12.0. The molecular weight excluding hydrogens is 362 g/mol. The van der Waals surface area contributed by atoms with E-state index in [9.17, 15) is 8.78 Å². The van der Waals surface area contributed by atoms with E-state index in [0.717, 1.165) is 17.5 Å². The summed E-state index contributed by atoms with van der Waals surface area (Å²) in [6, 6.07) is 3.99. The summed E-state index contributed by atoms with van der Waals surface area (Å²) in [6.07, 6.45) is 24.8. The van der Waals surface area contributed by atoms with Crippen LogP contribution in [0.1, 0.15) is 95.5 Å². The number of allylic oxidation sites excluding steroid dienone is 4. The average molecular weight is 401 g/mol. The van der Waals surface area contributed by atoms with E-state index in [-0.39, 0.29) is 5.92 Å². The largest absolute Gasteiger partial charge is 0.207 e. The second kappa shape index (κ2) is 11.7. The van der Waals surface area contributed by atoms with Gasteiger partial charge in [0, 0.05) is 12.0 Å². The number of benzene rings is 1. The van der Waals surface area contributed by atoms with Gasteiger partial charge in [0.25, 0.3) is 0 Å². The van der Waals surface area contributed by atoms with E-state index < -0.39 is 11.6 Å². The summed E-state index contributed by atoms with van der Waals surface area (Å²) in [5, 5.41) is 0. The van der Waals surface area contributed by atoms with Crippen molar-refractivity contribution in [2.24, 2.45) is 17.8 Å². The number of halogens is 2. The van der Waals surface area contributed by atoms with E-state index in [0.29, 0.717) is 11.8 Å². The summed E-state index contributed by atoms with van der Waals surface area (Å²) in [5.41, 5.74) is 0.776. The topological polar surface area (TPSA) is 0 Å². The normalized spacial score (nSPS) is 26.7. The summed E-state index contributed by atoms with van der Waals surface area (Å²) in [6.45, 7) is 2.27. The maximum atomic E-state index is 13.8. The summed E-state index contributed by atoms with van der Waals surface area (Å²) in [4.78, 5) is 0. The Kier molecular flexibility index (Phi) is 8.95. The molecule has 0 spiro atoms. The molecule has 0 aliphatic heterocycles. The Morgan fingerprint density at radius 3 is 2.07 bits per heavy atom. The maximum Gasteiger partial charge on any atom is 0.126 e. The third kappa shape index (κ3) is 6.79. The Bertz CT molecular complexity index is 647. The van der Waals surface area contributed by atoms with Crippen molar-refractivity contribution in [3.8, 4) is 0 Å². The standard InChI is InChI=1S/C27H38F2/c1-2-3-4-5-6-7-8-11-21-14-16-22(17-15-21)26-12-9-10-13-27(26)23-18-24(28)20-25(29)19-23/h9-10,12-13,18-22,26-27H,2-8,11,14-17H2,1H3/t21-,22-,26?,27?. The Morgan fingerprint density at radius 2 is 1.38 bits per heavy atom. The van der Waals surface area contributed by atoms with Crippen LogP contribution >= 0.6 is 0 Å². The van der Waals surface area contributed by atoms with Crippen molar-refractivity contribution in [2.45, 2.75) is 89.9 Å². The van der Waals surface area contributed by atoms with E-state index in [4.69, 9.17) is 0 Å². The average Bonchev–Trinajstić information content (AvgIpc) is 2.73. The zero-order chi connectivity index (χ0) is 20.5. The van der Waals surface area contributed by atoms with Gasteiger partial charge in [0.05, 0.1) is 0 Å². The minimum Gasteiger partial charge on any atom is -0.207 e. The van der Waals surface area contributed by atoms with Crippen LogP contribution in [0.25, 0.3) is 0 Å². The Morgan fingerprint density at radius 1 is 0.759 bits per heavy atom. The first-order chi connectivity index (χ1) is 14.2. The summed E-state index contributed by atoms with van der Waals surface area (Å²) >= 11 is 0. The third-order valence-corrected chi connectivity index (χ3v) is 7.10. The number of unbranched alkanes of at least 4 members (excludes halogenated alkanes) is 6. The van der Waals surface area contributed by atoms with Crippen molar-refractivity contribution in [2.75, 3.05) is 0 Å². The highest BCUT2D eigenvalue weighted by Gasteiger charge is 2.32. The molecule has 2 atom stereocenters. The van der Waals surface area contributed by atoms with Gasteiger partial charge in [0.2, 0.25) is 0 Å². The summed E-state index contributed by atoms with van der Waals surface area (Å²) < 4.78 is 27.5. The molecule has 1 saturated carbocycles. The minimum atomic E-state index is -0.472. The molecule has 0 bridgehead atoms. The van der Waals surface area contributed by atoms with Crippen LogP contribution in [0, 0.1) is 29.4 Å². The van der Waals surface area contributed by atoms with Gasteiger partial charge in [0.15, 0.2) is 0 Å². The zero-order valence-electron chi connectivity index (χ0n) is 18.1. The molecule has 1 aromatic carbocycles. The van der Waals surface area contributed by atoms with E-state index in [1.807, 2.05) is 6.08 Å². The molecule has 0 N–H and O–H groups in total. The van der Waals surface area contributed by atoms with E-state index in [1.54, 1.807) is 0 Å². The van der Waals surface area contributed by atoms with Gasteiger partial charge in [-0.1, -0.05) is 95.4 Å². The molecule has 0 radical (unpaired) electrons. The molecule has 0 heterocycles. The summed E-state index contributed by atoms with van der Waals surface area (Å²) in [5.74, 6) is 1.02. The van der Waals surface area contributed by atoms with Gasteiger partial charge >= 0.3 is 0 Å². The van der Waals surface area contributed by atoms with Crippen molar-refractivity contribution in [1.29, 1.82) is 0 Å². The van der Waals surface area contributed by atoms with Crippen molar-refractivity contribution < 1.29 is 8.78 Å². The van der Waals surface area contributed by atoms with Gasteiger partial charge in [-0.05, 0) is 48.3 Å². The quantitative estimate of drug-likeness (QED) is 0.344. The molecule has 1 fully saturated rings. The highest BCUT2D eigenvalue weighted by atomic mass is 19.1. The van der Waals surface area contributed by atoms with Crippen LogP contribution in [0.3, 0.4) is 0 Å². The van der Waals surface area contributed by atoms with Crippen molar-refractivity contribution >= 4 is 0 Å². The number of hydrogen-bond donors (Lipinski definition) is 0. The predicted octanol–water partition coefficient (Wildman–Crippen LogP) is 8.74. The van der Waals surface area contributed by atoms with Crippen LogP contribution in [0.5, 0.6) is 0 Å². The molecule has 160 valence electrons. The number of rotatable bonds is 10. The lowest BCUT2D eigenvalue weighted by Crippen LogP contribution is -2.25. The highest BCUT2D eigenvalue weighted by Crippen LogP contribution is 2.43. The Hall–Kier alpha value is -1.44. The van der Waals surface area contributed by atoms with E-state index in [1.165, 1.54) is 89.2 Å². The summed E-state index contributed by atoms with van der Waals surface area (Å²) in [7, 11) is 0. The first-order valence-corrected chi connectivity index (χ1v) is 12.0. The fourth-order valence-electron chi connectivity index (χ4n) is 5.43. The van der Waals surface area contributed by atoms with E-state index >= 15 is 0 Å². The fraction of sp³-hybridized carbons (Fsp3) is 0.630. The SMILES string of the molecule is CCCCCCCCC[C@H]1CC[C@H](C2C=CC=CC2c2cc(F)cc(F)c2)CC1. The van der Waals surface area contributed by atoms with Crippen LogP contribution < -0.4 is 0 Å². The van der Waals surface area contributed by atoms with Crippen LogP contribution in [0.4, 0.5) is 8.78 Å². The lowest BCUT2D eigenvalue weighted by molar-refractivity contribution is 0.209. The van der Waals surface area contributed by atoms with Crippen molar-refractivity contribution in [3.63, 3.8) is 0 Å². The fourth-order valence-corrected chi connectivity index (χ4v) is 5.43. The predicted molar refractivity (Wildman–Crippen MR) is 119 cm³/mol. The Balaban J connectivity index is 1.45.